The molecule has 0 spiro atoms. The average Bonchev–Trinajstić information content (AvgIpc) is 2.83. The van der Waals surface area contributed by atoms with Crippen LogP contribution in [0.1, 0.15) is 11.7 Å². The van der Waals surface area contributed by atoms with Gasteiger partial charge in [-0.3, -0.25) is 10.1 Å². The minimum Gasteiger partial charge on any atom is -0.399 e. The number of rotatable bonds is 1. The molecule has 3 rings (SSSR count). The van der Waals surface area contributed by atoms with Gasteiger partial charge in [0.25, 0.3) is 0 Å². The van der Waals surface area contributed by atoms with Crippen LogP contribution in [-0.2, 0) is 0 Å². The van der Waals surface area contributed by atoms with Crippen LogP contribution in [0, 0.1) is 0 Å². The van der Waals surface area contributed by atoms with Gasteiger partial charge in [-0.15, -0.1) is 0 Å². The van der Waals surface area contributed by atoms with Gasteiger partial charge in [-0.05, 0) is 18.2 Å². The highest BCUT2D eigenvalue weighted by Crippen LogP contribution is 2.24. The number of nitrogens with two attached hydrogens (primary N) is 1. The van der Waals surface area contributed by atoms with E-state index in [0.717, 1.165) is 28.8 Å². The molecule has 5 nitrogen and oxygen atoms in total. The minimum absolute atomic E-state index is 0.191. The minimum atomic E-state index is 0.191. The van der Waals surface area contributed by atoms with Crippen LogP contribution in [0.25, 0.3) is 10.9 Å². The van der Waals surface area contributed by atoms with Crippen molar-refractivity contribution in [3.8, 4) is 0 Å². The van der Waals surface area contributed by atoms with Crippen molar-refractivity contribution in [3.05, 3.63) is 23.9 Å². The maximum Gasteiger partial charge on any atom is 0.0926 e. The Hall–Kier alpha value is -2.04. The van der Waals surface area contributed by atoms with Gasteiger partial charge >= 0.3 is 0 Å². The highest BCUT2D eigenvalue weighted by Gasteiger charge is 2.18. The lowest BCUT2D eigenvalue weighted by Crippen LogP contribution is -2.16. The molecule has 0 amide bonds. The number of H-pyrrole nitrogens is 1. The number of anilines is 1. The van der Waals surface area contributed by atoms with Gasteiger partial charge < -0.3 is 11.1 Å². The number of nitrogen functional groups attached to an aromatic ring is 1. The zero-order chi connectivity index (χ0) is 10.3. The Morgan fingerprint density at radius 2 is 2.33 bits per heavy atom. The number of benzene rings is 1. The van der Waals surface area contributed by atoms with Crippen LogP contribution in [0.5, 0.6) is 0 Å². The Labute approximate surface area is 86.4 Å². The first-order valence-corrected chi connectivity index (χ1v) is 4.82. The molecule has 1 aromatic heterocycles. The van der Waals surface area contributed by atoms with E-state index in [1.54, 1.807) is 6.34 Å². The van der Waals surface area contributed by atoms with E-state index in [1.165, 1.54) is 0 Å². The third kappa shape index (κ3) is 1.24. The predicted molar refractivity (Wildman–Crippen MR) is 59.7 cm³/mol. The van der Waals surface area contributed by atoms with Crippen molar-refractivity contribution in [1.29, 1.82) is 0 Å². The molecule has 1 aromatic carbocycles. The molecule has 0 fully saturated rings. The van der Waals surface area contributed by atoms with Crippen LogP contribution in [0.15, 0.2) is 23.2 Å². The Balaban J connectivity index is 2.14. The quantitative estimate of drug-likeness (QED) is 0.597. The molecule has 76 valence electrons. The fourth-order valence-electron chi connectivity index (χ4n) is 1.84. The Kier molecular flexibility index (Phi) is 1.65. The molecule has 1 atom stereocenters. The first kappa shape index (κ1) is 8.28. The average molecular weight is 201 g/mol. The zero-order valence-electron chi connectivity index (χ0n) is 8.07. The summed E-state index contributed by atoms with van der Waals surface area (Å²) in [7, 11) is 0. The summed E-state index contributed by atoms with van der Waals surface area (Å²) in [6.45, 7) is 0.742. The second-order valence-electron chi connectivity index (χ2n) is 3.63. The van der Waals surface area contributed by atoms with Crippen LogP contribution < -0.4 is 11.1 Å². The van der Waals surface area contributed by atoms with Crippen molar-refractivity contribution in [2.24, 2.45) is 4.99 Å². The summed E-state index contributed by atoms with van der Waals surface area (Å²) in [5, 5.41) is 11.5. The topological polar surface area (TPSA) is 79.1 Å². The van der Waals surface area contributed by atoms with Crippen molar-refractivity contribution < 1.29 is 0 Å². The summed E-state index contributed by atoms with van der Waals surface area (Å²) >= 11 is 0. The molecule has 5 heteroatoms. The third-order valence-electron chi connectivity index (χ3n) is 2.61. The Morgan fingerprint density at radius 3 is 3.13 bits per heavy atom. The van der Waals surface area contributed by atoms with Crippen LogP contribution in [0.2, 0.25) is 0 Å². The number of nitrogens with zero attached hydrogens (tertiary/aromatic N) is 2. The summed E-state index contributed by atoms with van der Waals surface area (Å²) in [4.78, 5) is 4.13. The number of hydrogen-bond donors (Lipinski definition) is 3. The fourth-order valence-corrected chi connectivity index (χ4v) is 1.84. The lowest BCUT2D eigenvalue weighted by atomic mass is 10.1. The number of aromatic amines is 1. The van der Waals surface area contributed by atoms with E-state index in [1.807, 2.05) is 18.2 Å². The molecule has 0 saturated heterocycles. The molecular weight excluding hydrogens is 190 g/mol. The van der Waals surface area contributed by atoms with E-state index in [0.29, 0.717) is 0 Å². The molecule has 0 aliphatic carbocycles. The SMILES string of the molecule is Nc1ccc2n[nH]c(C3CN=CN3)c2c1. The normalized spacial score (nSPS) is 19.6. The van der Waals surface area contributed by atoms with E-state index in [2.05, 4.69) is 20.5 Å². The third-order valence-corrected chi connectivity index (χ3v) is 2.61. The molecule has 0 bridgehead atoms. The monoisotopic (exact) mass is 201 g/mol. The van der Waals surface area contributed by atoms with Crippen LogP contribution >= 0.6 is 0 Å². The van der Waals surface area contributed by atoms with Crippen LogP contribution in [0.4, 0.5) is 5.69 Å². The Bertz CT molecular complexity index is 520. The first-order valence-electron chi connectivity index (χ1n) is 4.82. The molecule has 1 unspecified atom stereocenters. The zero-order valence-corrected chi connectivity index (χ0v) is 8.07. The summed E-state index contributed by atoms with van der Waals surface area (Å²) in [6, 6.07) is 5.90. The molecule has 4 N–H and O–H groups in total. The number of hydrogen-bond acceptors (Lipinski definition) is 4. The molecule has 2 heterocycles. The van der Waals surface area contributed by atoms with Gasteiger partial charge in [0, 0.05) is 11.1 Å². The van der Waals surface area contributed by atoms with Gasteiger partial charge in [0.1, 0.15) is 0 Å². The lowest BCUT2D eigenvalue weighted by molar-refractivity contribution is 0.689. The highest BCUT2D eigenvalue weighted by molar-refractivity contribution is 5.85. The largest absolute Gasteiger partial charge is 0.399 e. The molecular formula is C10H11N5. The Morgan fingerprint density at radius 1 is 1.40 bits per heavy atom. The molecule has 2 aromatic rings. The van der Waals surface area contributed by atoms with Crippen molar-refractivity contribution in [1.82, 2.24) is 15.5 Å². The van der Waals surface area contributed by atoms with Gasteiger partial charge in [-0.2, -0.15) is 5.10 Å². The summed E-state index contributed by atoms with van der Waals surface area (Å²) in [5.41, 5.74) is 8.50. The van der Waals surface area contributed by atoms with Crippen LogP contribution in [0.3, 0.4) is 0 Å². The first-order chi connectivity index (χ1) is 7.34. The maximum atomic E-state index is 5.76. The van der Waals surface area contributed by atoms with Gasteiger partial charge in [-0.1, -0.05) is 0 Å². The molecule has 0 radical (unpaired) electrons. The van der Waals surface area contributed by atoms with Crippen molar-refractivity contribution in [3.63, 3.8) is 0 Å². The van der Waals surface area contributed by atoms with Crippen molar-refractivity contribution in [2.45, 2.75) is 6.04 Å². The van der Waals surface area contributed by atoms with E-state index >= 15 is 0 Å². The van der Waals surface area contributed by atoms with Crippen LogP contribution in [-0.4, -0.2) is 23.1 Å². The molecule has 1 aliphatic heterocycles. The number of aliphatic imine (C=N–C) groups is 1. The maximum absolute atomic E-state index is 5.76. The van der Waals surface area contributed by atoms with Gasteiger partial charge in [0.15, 0.2) is 0 Å². The van der Waals surface area contributed by atoms with E-state index < -0.39 is 0 Å². The van der Waals surface area contributed by atoms with Crippen molar-refractivity contribution >= 4 is 22.9 Å². The number of aromatic nitrogens is 2. The second kappa shape index (κ2) is 2.98. The second-order valence-corrected chi connectivity index (χ2v) is 3.63. The smallest absolute Gasteiger partial charge is 0.0926 e. The lowest BCUT2D eigenvalue weighted by Gasteiger charge is -2.07. The van der Waals surface area contributed by atoms with E-state index in [9.17, 15) is 0 Å². The van der Waals surface area contributed by atoms with E-state index in [4.69, 9.17) is 5.73 Å². The van der Waals surface area contributed by atoms with E-state index in [-0.39, 0.29) is 6.04 Å². The molecule has 15 heavy (non-hydrogen) atoms. The number of fused-ring (bicyclic) bond motifs is 1. The summed E-state index contributed by atoms with van der Waals surface area (Å²) < 4.78 is 0. The van der Waals surface area contributed by atoms with Crippen molar-refractivity contribution in [2.75, 3.05) is 12.3 Å². The molecule has 0 saturated carbocycles. The summed E-state index contributed by atoms with van der Waals surface area (Å²) in [5.74, 6) is 0. The fraction of sp³-hybridized carbons (Fsp3) is 0.200. The summed E-state index contributed by atoms with van der Waals surface area (Å²) in [6.07, 6.45) is 1.73. The van der Waals surface area contributed by atoms with Gasteiger partial charge in [0.2, 0.25) is 0 Å². The number of nitrogens with one attached hydrogen (secondary N) is 2. The standard InChI is InChI=1S/C10H11N5/c11-6-1-2-8-7(3-6)10(15-14-8)9-4-12-5-13-9/h1-3,5,9H,4,11H2,(H,12,13)(H,14,15). The predicted octanol–water partition coefficient (Wildman–Crippen LogP) is 0.818. The highest BCUT2D eigenvalue weighted by atomic mass is 15.2. The van der Waals surface area contributed by atoms with Gasteiger partial charge in [0.05, 0.1) is 30.1 Å². The van der Waals surface area contributed by atoms with Gasteiger partial charge in [-0.25, -0.2) is 0 Å². The molecule has 1 aliphatic rings.